The van der Waals surface area contributed by atoms with Crippen LogP contribution in [-0.4, -0.2) is 31.5 Å². The van der Waals surface area contributed by atoms with Gasteiger partial charge in [-0.25, -0.2) is 0 Å². The Morgan fingerprint density at radius 2 is 2.06 bits per heavy atom. The number of nitrogens with zero attached hydrogens (tertiary/aromatic N) is 1. The van der Waals surface area contributed by atoms with Crippen molar-refractivity contribution in [3.63, 3.8) is 0 Å². The van der Waals surface area contributed by atoms with Crippen LogP contribution < -0.4 is 4.74 Å². The van der Waals surface area contributed by atoms with E-state index < -0.39 is 6.61 Å². The van der Waals surface area contributed by atoms with E-state index in [-0.39, 0.29) is 17.2 Å². The molecule has 1 amide bonds. The lowest BCUT2D eigenvalue weighted by molar-refractivity contribution is -0.0502. The van der Waals surface area contributed by atoms with Crippen LogP contribution in [0.1, 0.15) is 10.4 Å². The Morgan fingerprint density at radius 1 is 1.44 bits per heavy atom. The average molecular weight is 294 g/mol. The van der Waals surface area contributed by atoms with Crippen molar-refractivity contribution in [2.45, 2.75) is 6.61 Å². The lowest BCUT2D eigenvalue weighted by Gasteiger charge is -2.14. The Hall–Kier alpha value is -1.17. The molecule has 0 saturated heterocycles. The quantitative estimate of drug-likeness (QED) is 0.858. The number of ether oxygens (including phenoxy) is 1. The van der Waals surface area contributed by atoms with Gasteiger partial charge in [-0.1, -0.05) is 15.9 Å². The summed E-state index contributed by atoms with van der Waals surface area (Å²) < 4.78 is 29.1. The summed E-state index contributed by atoms with van der Waals surface area (Å²) in [5.41, 5.74) is 0.105. The minimum Gasteiger partial charge on any atom is -0.434 e. The fraction of sp³-hybridized carbons (Fsp3) is 0.300. The van der Waals surface area contributed by atoms with E-state index in [4.69, 9.17) is 0 Å². The summed E-state index contributed by atoms with van der Waals surface area (Å²) in [5, 5.41) is 0. The predicted octanol–water partition coefficient (Wildman–Crippen LogP) is 2.75. The van der Waals surface area contributed by atoms with Crippen molar-refractivity contribution >= 4 is 21.8 Å². The van der Waals surface area contributed by atoms with E-state index in [2.05, 4.69) is 20.7 Å². The molecule has 0 aliphatic carbocycles. The van der Waals surface area contributed by atoms with Gasteiger partial charge < -0.3 is 9.64 Å². The molecule has 3 nitrogen and oxygen atoms in total. The molecule has 0 spiro atoms. The molecular formula is C10H10BrF2NO2. The number of rotatable bonds is 3. The zero-order valence-corrected chi connectivity index (χ0v) is 10.3. The van der Waals surface area contributed by atoms with E-state index in [0.717, 1.165) is 0 Å². The summed E-state index contributed by atoms with van der Waals surface area (Å²) in [6.07, 6.45) is 0. The van der Waals surface area contributed by atoms with Crippen molar-refractivity contribution < 1.29 is 18.3 Å². The van der Waals surface area contributed by atoms with E-state index >= 15 is 0 Å². The Labute approximate surface area is 100 Å². The number of carbonyl (C=O) groups excluding carboxylic acids is 1. The molecule has 0 aliphatic heterocycles. The Bertz CT molecular complexity index is 396. The molecule has 0 atom stereocenters. The Kier molecular flexibility index (Phi) is 4.23. The summed E-state index contributed by atoms with van der Waals surface area (Å²) >= 11 is 3.12. The molecule has 0 radical (unpaired) electrons. The highest BCUT2D eigenvalue weighted by molar-refractivity contribution is 9.10. The van der Waals surface area contributed by atoms with Crippen LogP contribution in [-0.2, 0) is 0 Å². The van der Waals surface area contributed by atoms with E-state index in [0.29, 0.717) is 4.47 Å². The SMILES string of the molecule is CN(C)C(=O)c1ccc(Br)cc1OC(F)F. The average Bonchev–Trinajstić information content (AvgIpc) is 2.15. The molecule has 0 unspecified atom stereocenters. The van der Waals surface area contributed by atoms with Gasteiger partial charge in [-0.15, -0.1) is 0 Å². The molecule has 0 bridgehead atoms. The van der Waals surface area contributed by atoms with Gasteiger partial charge in [-0.2, -0.15) is 8.78 Å². The molecule has 0 heterocycles. The molecule has 6 heteroatoms. The van der Waals surface area contributed by atoms with Gasteiger partial charge in [0, 0.05) is 18.6 Å². The molecule has 16 heavy (non-hydrogen) atoms. The summed E-state index contributed by atoms with van der Waals surface area (Å²) in [5.74, 6) is -0.522. The van der Waals surface area contributed by atoms with Crippen molar-refractivity contribution in [3.8, 4) is 5.75 Å². The monoisotopic (exact) mass is 293 g/mol. The number of benzene rings is 1. The van der Waals surface area contributed by atoms with Crippen LogP contribution in [0.15, 0.2) is 22.7 Å². The van der Waals surface area contributed by atoms with Gasteiger partial charge >= 0.3 is 6.61 Å². The van der Waals surface area contributed by atoms with E-state index in [1.165, 1.54) is 31.1 Å². The number of hydrogen-bond donors (Lipinski definition) is 0. The van der Waals surface area contributed by atoms with Crippen molar-refractivity contribution in [1.82, 2.24) is 4.90 Å². The first-order valence-electron chi connectivity index (χ1n) is 4.38. The van der Waals surface area contributed by atoms with Crippen LogP contribution in [0.5, 0.6) is 5.75 Å². The minimum atomic E-state index is -2.96. The van der Waals surface area contributed by atoms with E-state index in [9.17, 15) is 13.6 Å². The van der Waals surface area contributed by atoms with Gasteiger partial charge in [0.1, 0.15) is 5.75 Å². The van der Waals surface area contributed by atoms with Gasteiger partial charge in [-0.3, -0.25) is 4.79 Å². The number of halogens is 3. The lowest BCUT2D eigenvalue weighted by atomic mass is 10.2. The predicted molar refractivity (Wildman–Crippen MR) is 58.8 cm³/mol. The van der Waals surface area contributed by atoms with Crippen LogP contribution in [0.25, 0.3) is 0 Å². The molecule has 1 aromatic rings. The zero-order chi connectivity index (χ0) is 12.3. The second kappa shape index (κ2) is 5.25. The number of hydrogen-bond acceptors (Lipinski definition) is 2. The normalized spacial score (nSPS) is 10.4. The first-order valence-corrected chi connectivity index (χ1v) is 5.17. The second-order valence-corrected chi connectivity index (χ2v) is 4.13. The van der Waals surface area contributed by atoms with E-state index in [1.54, 1.807) is 6.07 Å². The van der Waals surface area contributed by atoms with Gasteiger partial charge in [0.2, 0.25) is 0 Å². The molecule has 1 aromatic carbocycles. The van der Waals surface area contributed by atoms with Crippen molar-refractivity contribution in [1.29, 1.82) is 0 Å². The molecule has 0 N–H and O–H groups in total. The van der Waals surface area contributed by atoms with E-state index in [1.807, 2.05) is 0 Å². The zero-order valence-electron chi connectivity index (χ0n) is 8.71. The molecule has 0 fully saturated rings. The fourth-order valence-corrected chi connectivity index (χ4v) is 1.45. The molecule has 0 aromatic heterocycles. The molecule has 0 aliphatic rings. The maximum absolute atomic E-state index is 12.1. The number of carbonyl (C=O) groups is 1. The van der Waals surface area contributed by atoms with Crippen LogP contribution in [0.4, 0.5) is 8.78 Å². The van der Waals surface area contributed by atoms with Crippen LogP contribution in [0, 0.1) is 0 Å². The largest absolute Gasteiger partial charge is 0.434 e. The number of alkyl halides is 2. The van der Waals surface area contributed by atoms with Gasteiger partial charge in [0.25, 0.3) is 5.91 Å². The topological polar surface area (TPSA) is 29.5 Å². The van der Waals surface area contributed by atoms with Crippen molar-refractivity contribution in [3.05, 3.63) is 28.2 Å². The third-order valence-electron chi connectivity index (χ3n) is 1.80. The smallest absolute Gasteiger partial charge is 0.387 e. The van der Waals surface area contributed by atoms with Crippen LogP contribution in [0.2, 0.25) is 0 Å². The van der Waals surface area contributed by atoms with Gasteiger partial charge in [-0.05, 0) is 18.2 Å². The third kappa shape index (κ3) is 3.16. The maximum atomic E-state index is 12.1. The first kappa shape index (κ1) is 12.9. The fourth-order valence-electron chi connectivity index (χ4n) is 1.11. The second-order valence-electron chi connectivity index (χ2n) is 3.22. The van der Waals surface area contributed by atoms with Crippen LogP contribution in [0.3, 0.4) is 0 Å². The Morgan fingerprint density at radius 3 is 2.56 bits per heavy atom. The molecular weight excluding hydrogens is 284 g/mol. The highest BCUT2D eigenvalue weighted by Crippen LogP contribution is 2.26. The summed E-state index contributed by atoms with van der Waals surface area (Å²) in [6.45, 7) is -2.96. The Balaban J connectivity index is 3.12. The molecule has 88 valence electrons. The first-order chi connectivity index (χ1) is 7.41. The highest BCUT2D eigenvalue weighted by atomic mass is 79.9. The number of amides is 1. The summed E-state index contributed by atoms with van der Waals surface area (Å²) in [7, 11) is 3.08. The van der Waals surface area contributed by atoms with Crippen molar-refractivity contribution in [2.75, 3.05) is 14.1 Å². The maximum Gasteiger partial charge on any atom is 0.387 e. The van der Waals surface area contributed by atoms with Gasteiger partial charge in [0.15, 0.2) is 0 Å². The standard InChI is InChI=1S/C10H10BrF2NO2/c1-14(2)9(15)7-4-3-6(11)5-8(7)16-10(12)13/h3-5,10H,1-2H3. The van der Waals surface area contributed by atoms with Gasteiger partial charge in [0.05, 0.1) is 5.56 Å². The summed E-state index contributed by atoms with van der Waals surface area (Å²) in [6, 6.07) is 4.36. The molecule has 1 rings (SSSR count). The minimum absolute atomic E-state index is 0.105. The molecule has 0 saturated carbocycles. The van der Waals surface area contributed by atoms with Crippen LogP contribution >= 0.6 is 15.9 Å². The lowest BCUT2D eigenvalue weighted by Crippen LogP contribution is -2.22. The highest BCUT2D eigenvalue weighted by Gasteiger charge is 2.17. The summed E-state index contributed by atoms with van der Waals surface area (Å²) in [4.78, 5) is 12.9. The third-order valence-corrected chi connectivity index (χ3v) is 2.29. The van der Waals surface area contributed by atoms with Crippen molar-refractivity contribution in [2.24, 2.45) is 0 Å².